The van der Waals surface area contributed by atoms with Gasteiger partial charge in [-0.25, -0.2) is 0 Å². The number of carbonyl (C=O) groups is 1. The first-order valence-electron chi connectivity index (χ1n) is 17.0. The molecule has 0 aliphatic heterocycles. The molecule has 0 heterocycles. The summed E-state index contributed by atoms with van der Waals surface area (Å²) in [6.45, 7) is 12.4. The number of rotatable bonds is 29. The molecule has 0 atom stereocenters. The molecule has 242 valence electrons. The molecule has 0 bridgehead atoms. The minimum Gasteiger partial charge on any atom is -0.466 e. The molecule has 0 radical (unpaired) electrons. The van der Waals surface area contributed by atoms with Crippen LogP contribution in [0, 0.1) is 0 Å². The Morgan fingerprint density at radius 2 is 0.925 bits per heavy atom. The van der Waals surface area contributed by atoms with E-state index in [9.17, 15) is 4.79 Å². The Labute approximate surface area is 252 Å². The number of unbranched alkanes of at least 4 members (excludes halogenated alkanes) is 16. The average Bonchev–Trinajstić information content (AvgIpc) is 2.95. The number of nitrogens with zero attached hydrogens (tertiary/aromatic N) is 1. The summed E-state index contributed by atoms with van der Waals surface area (Å²) in [6, 6.07) is 0.905. The van der Waals surface area contributed by atoms with Gasteiger partial charge in [0.25, 0.3) is 0 Å². The SMILES string of the molecule is CCCCCCCCCCCCCCCCCCOC(C)=O.CCCN(CCC)CCCC[Si](OC)(OC)OC. The predicted octanol–water partition coefficient (Wildman–Crippen LogP) is 9.58. The van der Waals surface area contributed by atoms with E-state index in [1.165, 1.54) is 142 Å². The Kier molecular flexibility index (Phi) is 34.4. The summed E-state index contributed by atoms with van der Waals surface area (Å²) in [5.74, 6) is -0.152. The van der Waals surface area contributed by atoms with Gasteiger partial charge in [-0.15, -0.1) is 0 Å². The average molecular weight is 590 g/mol. The molecule has 0 fully saturated rings. The highest BCUT2D eigenvalue weighted by Gasteiger charge is 2.36. The van der Waals surface area contributed by atoms with Gasteiger partial charge < -0.3 is 22.9 Å². The summed E-state index contributed by atoms with van der Waals surface area (Å²) < 4.78 is 21.2. The fourth-order valence-corrected chi connectivity index (χ4v) is 6.86. The Morgan fingerprint density at radius 3 is 1.27 bits per heavy atom. The Bertz CT molecular complexity index is 491. The summed E-state index contributed by atoms with van der Waals surface area (Å²) in [7, 11) is 2.70. The number of hydrogen-bond acceptors (Lipinski definition) is 6. The molecule has 0 saturated carbocycles. The molecule has 0 N–H and O–H groups in total. The summed E-state index contributed by atoms with van der Waals surface area (Å²) in [4.78, 5) is 13.1. The van der Waals surface area contributed by atoms with Crippen LogP contribution in [0.1, 0.15) is 156 Å². The van der Waals surface area contributed by atoms with E-state index in [0.29, 0.717) is 6.61 Å². The molecule has 0 saturated heterocycles. The fourth-order valence-electron chi connectivity index (χ4n) is 5.07. The van der Waals surface area contributed by atoms with Crippen LogP contribution in [0.15, 0.2) is 0 Å². The first kappa shape index (κ1) is 41.7. The lowest BCUT2D eigenvalue weighted by molar-refractivity contribution is -0.141. The second-order valence-corrected chi connectivity index (χ2v) is 14.3. The molecular formula is C33H71NO5Si. The third-order valence-electron chi connectivity index (χ3n) is 7.52. The predicted molar refractivity (Wildman–Crippen MR) is 174 cm³/mol. The summed E-state index contributed by atoms with van der Waals surface area (Å²) in [5.41, 5.74) is 0. The molecule has 7 heteroatoms. The minimum atomic E-state index is -2.34. The van der Waals surface area contributed by atoms with Crippen LogP contribution in [-0.4, -0.2) is 67.2 Å². The van der Waals surface area contributed by atoms with E-state index in [1.54, 1.807) is 21.3 Å². The zero-order valence-corrected chi connectivity index (χ0v) is 29.2. The summed E-state index contributed by atoms with van der Waals surface area (Å²) in [5, 5.41) is 0. The van der Waals surface area contributed by atoms with Gasteiger partial charge in [-0.2, -0.15) is 0 Å². The van der Waals surface area contributed by atoms with E-state index in [0.717, 1.165) is 18.9 Å². The highest BCUT2D eigenvalue weighted by atomic mass is 28.4. The maximum Gasteiger partial charge on any atom is 0.500 e. The van der Waals surface area contributed by atoms with Crippen molar-refractivity contribution in [1.29, 1.82) is 0 Å². The molecule has 6 nitrogen and oxygen atoms in total. The lowest BCUT2D eigenvalue weighted by Crippen LogP contribution is -2.42. The van der Waals surface area contributed by atoms with E-state index in [-0.39, 0.29) is 5.97 Å². The monoisotopic (exact) mass is 590 g/mol. The fraction of sp³-hybridized carbons (Fsp3) is 0.970. The highest BCUT2D eigenvalue weighted by molar-refractivity contribution is 6.60. The molecule has 0 rings (SSSR count). The molecule has 0 aliphatic rings. The molecule has 40 heavy (non-hydrogen) atoms. The lowest BCUT2D eigenvalue weighted by atomic mass is 10.0. The third-order valence-corrected chi connectivity index (χ3v) is 10.4. The topological polar surface area (TPSA) is 57.2 Å². The van der Waals surface area contributed by atoms with E-state index in [4.69, 9.17) is 18.0 Å². The van der Waals surface area contributed by atoms with Crippen LogP contribution in [0.3, 0.4) is 0 Å². The Morgan fingerprint density at radius 1 is 0.525 bits per heavy atom. The standard InChI is InChI=1S/C20H40O2.C13H31NO3Si/c1-3-4-5-6-7-8-9-10-11-12-13-14-15-16-17-18-19-22-20(2)21;1-6-10-14(11-7-2)12-8-9-13-18(15-3,16-4)17-5/h3-19H2,1-2H3;6-13H2,1-5H3. The molecule has 0 unspecified atom stereocenters. The van der Waals surface area contributed by atoms with Crippen molar-refractivity contribution in [3.63, 3.8) is 0 Å². The normalized spacial score (nSPS) is 11.5. The van der Waals surface area contributed by atoms with Crippen LogP contribution in [0.4, 0.5) is 0 Å². The third kappa shape index (κ3) is 29.0. The van der Waals surface area contributed by atoms with Crippen molar-refractivity contribution in [1.82, 2.24) is 4.90 Å². The van der Waals surface area contributed by atoms with E-state index < -0.39 is 8.80 Å². The Balaban J connectivity index is 0. The smallest absolute Gasteiger partial charge is 0.466 e. The molecular weight excluding hydrogens is 518 g/mol. The first-order chi connectivity index (χ1) is 19.4. The zero-order valence-electron chi connectivity index (χ0n) is 28.2. The van der Waals surface area contributed by atoms with Gasteiger partial charge in [0.2, 0.25) is 0 Å². The van der Waals surface area contributed by atoms with Crippen LogP contribution < -0.4 is 0 Å². The van der Waals surface area contributed by atoms with Crippen molar-refractivity contribution in [2.75, 3.05) is 47.6 Å². The zero-order chi connectivity index (χ0) is 30.2. The van der Waals surface area contributed by atoms with Crippen LogP contribution in [0.2, 0.25) is 6.04 Å². The van der Waals surface area contributed by atoms with Gasteiger partial charge in [-0.1, -0.05) is 117 Å². The number of esters is 1. The van der Waals surface area contributed by atoms with Gasteiger partial charge in [-0.05, 0) is 51.7 Å². The molecule has 0 aromatic carbocycles. The number of ether oxygens (including phenoxy) is 1. The quantitative estimate of drug-likeness (QED) is 0.0492. The van der Waals surface area contributed by atoms with Crippen molar-refractivity contribution in [2.45, 2.75) is 162 Å². The first-order valence-corrected chi connectivity index (χ1v) is 18.9. The van der Waals surface area contributed by atoms with Gasteiger partial charge in [0.15, 0.2) is 0 Å². The summed E-state index contributed by atoms with van der Waals surface area (Å²) >= 11 is 0. The molecule has 0 spiro atoms. The number of hydrogen-bond donors (Lipinski definition) is 0. The van der Waals surface area contributed by atoms with Crippen molar-refractivity contribution >= 4 is 14.8 Å². The van der Waals surface area contributed by atoms with Crippen LogP contribution >= 0.6 is 0 Å². The van der Waals surface area contributed by atoms with Crippen molar-refractivity contribution < 1.29 is 22.8 Å². The lowest BCUT2D eigenvalue weighted by Gasteiger charge is -2.25. The van der Waals surface area contributed by atoms with Gasteiger partial charge in [0.05, 0.1) is 6.61 Å². The van der Waals surface area contributed by atoms with E-state index in [1.807, 2.05) is 0 Å². The summed E-state index contributed by atoms with van der Waals surface area (Å²) in [6.07, 6.45) is 26.7. The van der Waals surface area contributed by atoms with Gasteiger partial charge in [0.1, 0.15) is 0 Å². The number of carbonyl (C=O) groups excluding carboxylic acids is 1. The Hall–Kier alpha value is -0.473. The molecule has 0 aliphatic carbocycles. The largest absolute Gasteiger partial charge is 0.500 e. The molecule has 0 aromatic rings. The van der Waals surface area contributed by atoms with Crippen molar-refractivity contribution in [2.24, 2.45) is 0 Å². The van der Waals surface area contributed by atoms with Gasteiger partial charge >= 0.3 is 14.8 Å². The van der Waals surface area contributed by atoms with Crippen molar-refractivity contribution in [3.05, 3.63) is 0 Å². The second kappa shape index (κ2) is 33.0. The van der Waals surface area contributed by atoms with Gasteiger partial charge in [-0.3, -0.25) is 4.79 Å². The maximum absolute atomic E-state index is 10.6. The van der Waals surface area contributed by atoms with Crippen LogP contribution in [0.5, 0.6) is 0 Å². The van der Waals surface area contributed by atoms with E-state index >= 15 is 0 Å². The molecule has 0 amide bonds. The second-order valence-electron chi connectivity index (χ2n) is 11.2. The molecule has 0 aromatic heterocycles. The maximum atomic E-state index is 10.6. The van der Waals surface area contributed by atoms with Crippen LogP contribution in [0.25, 0.3) is 0 Å². The highest BCUT2D eigenvalue weighted by Crippen LogP contribution is 2.17. The van der Waals surface area contributed by atoms with E-state index in [2.05, 4.69) is 25.7 Å². The van der Waals surface area contributed by atoms with Gasteiger partial charge in [0, 0.05) is 34.3 Å². The van der Waals surface area contributed by atoms with Crippen molar-refractivity contribution in [3.8, 4) is 0 Å². The van der Waals surface area contributed by atoms with Crippen LogP contribution in [-0.2, 0) is 22.8 Å². The minimum absolute atomic E-state index is 0.152.